The fourth-order valence-corrected chi connectivity index (χ4v) is 3.21. The predicted molar refractivity (Wildman–Crippen MR) is 67.8 cm³/mol. The third kappa shape index (κ3) is 3.19. The van der Waals surface area contributed by atoms with Gasteiger partial charge in [-0.2, -0.15) is 0 Å². The van der Waals surface area contributed by atoms with Crippen molar-refractivity contribution >= 4 is 0 Å². The van der Waals surface area contributed by atoms with Crippen LogP contribution in [0.5, 0.6) is 0 Å². The van der Waals surface area contributed by atoms with Gasteiger partial charge in [0.1, 0.15) is 0 Å². The second-order valence-corrected chi connectivity index (χ2v) is 5.55. The van der Waals surface area contributed by atoms with Crippen molar-refractivity contribution in [2.75, 3.05) is 13.2 Å². The first-order valence-electron chi connectivity index (χ1n) is 6.97. The van der Waals surface area contributed by atoms with Gasteiger partial charge in [0.05, 0.1) is 12.2 Å². The highest BCUT2D eigenvalue weighted by Gasteiger charge is 2.33. The van der Waals surface area contributed by atoms with Crippen molar-refractivity contribution < 1.29 is 9.84 Å². The molecule has 1 saturated heterocycles. The second kappa shape index (κ2) is 6.14. The maximum Gasteiger partial charge on any atom is 0.0745 e. The minimum atomic E-state index is 0.247. The molecule has 4 heteroatoms. The first-order valence-corrected chi connectivity index (χ1v) is 6.97. The highest BCUT2D eigenvalue weighted by atomic mass is 16.5. The van der Waals surface area contributed by atoms with Crippen LogP contribution in [0.3, 0.4) is 0 Å². The van der Waals surface area contributed by atoms with Crippen molar-refractivity contribution in [1.29, 1.82) is 0 Å². The van der Waals surface area contributed by atoms with Crippen LogP contribution in [0.4, 0.5) is 0 Å². The van der Waals surface area contributed by atoms with E-state index < -0.39 is 0 Å². The van der Waals surface area contributed by atoms with Crippen LogP contribution in [0.25, 0.3) is 0 Å². The van der Waals surface area contributed by atoms with Gasteiger partial charge in [-0.15, -0.1) is 0 Å². The number of hydrogen-bond donors (Lipinski definition) is 3. The fraction of sp³-hybridized carbons (Fsp3) is 1.00. The Labute approximate surface area is 104 Å². The molecule has 0 radical (unpaired) electrons. The number of aliphatic hydroxyl groups excluding tert-OH is 1. The minimum absolute atomic E-state index is 0.247. The van der Waals surface area contributed by atoms with Crippen molar-refractivity contribution in [1.82, 2.24) is 5.32 Å². The third-order valence-electron chi connectivity index (χ3n) is 4.29. The van der Waals surface area contributed by atoms with E-state index >= 15 is 0 Å². The molecule has 2 fully saturated rings. The van der Waals surface area contributed by atoms with Gasteiger partial charge in [-0.05, 0) is 38.5 Å². The summed E-state index contributed by atoms with van der Waals surface area (Å²) in [6.07, 6.45) is 6.37. The Morgan fingerprint density at radius 1 is 1.35 bits per heavy atom. The largest absolute Gasteiger partial charge is 0.396 e. The van der Waals surface area contributed by atoms with E-state index in [0.29, 0.717) is 24.6 Å². The Morgan fingerprint density at radius 2 is 2.18 bits per heavy atom. The zero-order valence-corrected chi connectivity index (χ0v) is 10.8. The summed E-state index contributed by atoms with van der Waals surface area (Å²) in [7, 11) is 0. The normalized spacial score (nSPS) is 39.7. The molecule has 2 rings (SSSR count). The van der Waals surface area contributed by atoms with Crippen LogP contribution in [0, 0.1) is 5.92 Å². The van der Waals surface area contributed by atoms with Crippen LogP contribution in [0.1, 0.15) is 39.0 Å². The minimum Gasteiger partial charge on any atom is -0.396 e. The van der Waals surface area contributed by atoms with Gasteiger partial charge in [0.2, 0.25) is 0 Å². The van der Waals surface area contributed by atoms with Gasteiger partial charge in [-0.25, -0.2) is 0 Å². The van der Waals surface area contributed by atoms with Crippen molar-refractivity contribution in [3.63, 3.8) is 0 Å². The van der Waals surface area contributed by atoms with Gasteiger partial charge < -0.3 is 20.9 Å². The molecule has 0 bridgehead atoms. The monoisotopic (exact) mass is 242 g/mol. The molecule has 1 saturated carbocycles. The third-order valence-corrected chi connectivity index (χ3v) is 4.29. The molecule has 100 valence electrons. The summed E-state index contributed by atoms with van der Waals surface area (Å²) in [6.45, 7) is 3.03. The summed E-state index contributed by atoms with van der Waals surface area (Å²) in [5.74, 6) is 0.405. The Morgan fingerprint density at radius 3 is 2.76 bits per heavy atom. The molecule has 1 aliphatic heterocycles. The number of nitrogens with two attached hydrogens (primary N) is 1. The van der Waals surface area contributed by atoms with Crippen LogP contribution < -0.4 is 11.1 Å². The van der Waals surface area contributed by atoms with Crippen molar-refractivity contribution in [2.24, 2.45) is 11.7 Å². The molecular formula is C13H26N2O2. The molecule has 0 aromatic heterocycles. The second-order valence-electron chi connectivity index (χ2n) is 5.55. The highest BCUT2D eigenvalue weighted by molar-refractivity contribution is 4.90. The molecule has 17 heavy (non-hydrogen) atoms. The number of ether oxygens (including phenoxy) is 1. The molecule has 1 heterocycles. The maximum absolute atomic E-state index is 9.33. The lowest BCUT2D eigenvalue weighted by atomic mass is 10.0. The van der Waals surface area contributed by atoms with Crippen LogP contribution in [0.2, 0.25) is 0 Å². The van der Waals surface area contributed by atoms with E-state index in [1.165, 1.54) is 6.42 Å². The molecule has 1 aliphatic carbocycles. The SMILES string of the molecule is CC1CCC(C(CN)NC2CCCC2CO)O1. The van der Waals surface area contributed by atoms with E-state index in [-0.39, 0.29) is 18.8 Å². The number of nitrogens with one attached hydrogen (secondary N) is 1. The predicted octanol–water partition coefficient (Wildman–Crippen LogP) is 0.632. The van der Waals surface area contributed by atoms with Gasteiger partial charge >= 0.3 is 0 Å². The first kappa shape index (κ1) is 13.3. The van der Waals surface area contributed by atoms with E-state index in [2.05, 4.69) is 12.2 Å². The quantitative estimate of drug-likeness (QED) is 0.661. The summed E-state index contributed by atoms with van der Waals surface area (Å²) in [5.41, 5.74) is 5.86. The summed E-state index contributed by atoms with van der Waals surface area (Å²) in [4.78, 5) is 0. The van der Waals surface area contributed by atoms with E-state index in [1.54, 1.807) is 0 Å². The summed E-state index contributed by atoms with van der Waals surface area (Å²) < 4.78 is 5.89. The average molecular weight is 242 g/mol. The summed E-state index contributed by atoms with van der Waals surface area (Å²) in [6, 6.07) is 0.671. The van der Waals surface area contributed by atoms with E-state index in [9.17, 15) is 5.11 Å². The van der Waals surface area contributed by atoms with Crippen LogP contribution in [-0.4, -0.2) is 42.5 Å². The maximum atomic E-state index is 9.33. The molecular weight excluding hydrogens is 216 g/mol. The molecule has 0 spiro atoms. The number of hydrogen-bond acceptors (Lipinski definition) is 4. The number of rotatable bonds is 5. The average Bonchev–Trinajstić information content (AvgIpc) is 2.94. The van der Waals surface area contributed by atoms with Crippen LogP contribution >= 0.6 is 0 Å². The zero-order valence-electron chi connectivity index (χ0n) is 10.8. The van der Waals surface area contributed by atoms with Crippen LogP contribution in [0.15, 0.2) is 0 Å². The van der Waals surface area contributed by atoms with Gasteiger partial charge in [-0.1, -0.05) is 6.42 Å². The van der Waals surface area contributed by atoms with Gasteiger partial charge in [0, 0.05) is 25.2 Å². The van der Waals surface area contributed by atoms with E-state index in [4.69, 9.17) is 10.5 Å². The van der Waals surface area contributed by atoms with Gasteiger partial charge in [0.25, 0.3) is 0 Å². The lowest BCUT2D eigenvalue weighted by Gasteiger charge is -2.29. The Bertz CT molecular complexity index is 237. The zero-order chi connectivity index (χ0) is 12.3. The summed E-state index contributed by atoms with van der Waals surface area (Å²) >= 11 is 0. The lowest BCUT2D eigenvalue weighted by molar-refractivity contribution is 0.0287. The summed E-state index contributed by atoms with van der Waals surface area (Å²) in [5, 5.41) is 12.9. The fourth-order valence-electron chi connectivity index (χ4n) is 3.21. The molecule has 0 amide bonds. The lowest BCUT2D eigenvalue weighted by Crippen LogP contribution is -2.51. The van der Waals surface area contributed by atoms with Crippen LogP contribution in [-0.2, 0) is 4.74 Å². The Hall–Kier alpha value is -0.160. The Balaban J connectivity index is 1.86. The van der Waals surface area contributed by atoms with E-state index in [0.717, 1.165) is 25.7 Å². The molecule has 5 unspecified atom stereocenters. The van der Waals surface area contributed by atoms with Crippen molar-refractivity contribution in [3.05, 3.63) is 0 Å². The van der Waals surface area contributed by atoms with Gasteiger partial charge in [-0.3, -0.25) is 0 Å². The highest BCUT2D eigenvalue weighted by Crippen LogP contribution is 2.27. The molecule has 5 atom stereocenters. The van der Waals surface area contributed by atoms with Gasteiger partial charge in [0.15, 0.2) is 0 Å². The van der Waals surface area contributed by atoms with E-state index in [1.807, 2.05) is 0 Å². The van der Waals surface area contributed by atoms with Crippen molar-refractivity contribution in [2.45, 2.75) is 63.3 Å². The topological polar surface area (TPSA) is 67.5 Å². The molecule has 0 aromatic rings. The number of aliphatic hydroxyl groups is 1. The standard InChI is InChI=1S/C13H26N2O2/c1-9-5-6-13(17-9)12(7-14)15-11-4-2-3-10(11)8-16/h9-13,15-16H,2-8,14H2,1H3. The molecule has 2 aliphatic rings. The van der Waals surface area contributed by atoms with Crippen molar-refractivity contribution in [3.8, 4) is 0 Å². The molecule has 0 aromatic carbocycles. The molecule has 4 N–H and O–H groups in total. The Kier molecular flexibility index (Phi) is 4.79. The molecule has 4 nitrogen and oxygen atoms in total. The first-order chi connectivity index (χ1) is 8.24. The smallest absolute Gasteiger partial charge is 0.0745 e.